The molecule has 2 fully saturated rings. The SMILES string of the molecule is Cc1nc(N2CC3CNCC3C2C)ccc1Br. The maximum absolute atomic E-state index is 4.69. The molecule has 0 aromatic carbocycles. The van der Waals surface area contributed by atoms with Gasteiger partial charge in [0, 0.05) is 30.1 Å². The lowest BCUT2D eigenvalue weighted by Gasteiger charge is -2.26. The van der Waals surface area contributed by atoms with Crippen LogP contribution in [0.25, 0.3) is 0 Å². The van der Waals surface area contributed by atoms with Crippen molar-refractivity contribution in [3.8, 4) is 0 Å². The van der Waals surface area contributed by atoms with Crippen molar-refractivity contribution < 1.29 is 0 Å². The maximum atomic E-state index is 4.69. The number of pyridine rings is 1. The highest BCUT2D eigenvalue weighted by Gasteiger charge is 2.42. The Morgan fingerprint density at radius 1 is 1.41 bits per heavy atom. The number of halogens is 1. The Hall–Kier alpha value is -0.610. The van der Waals surface area contributed by atoms with Gasteiger partial charge < -0.3 is 10.2 Å². The van der Waals surface area contributed by atoms with E-state index in [1.165, 1.54) is 6.54 Å². The zero-order valence-corrected chi connectivity index (χ0v) is 11.9. The molecule has 3 rings (SSSR count). The molecule has 0 spiro atoms. The molecule has 0 aliphatic carbocycles. The van der Waals surface area contributed by atoms with Crippen molar-refractivity contribution in [2.75, 3.05) is 24.5 Å². The van der Waals surface area contributed by atoms with Crippen molar-refractivity contribution >= 4 is 21.7 Å². The number of nitrogens with zero attached hydrogens (tertiary/aromatic N) is 2. The molecule has 1 aromatic rings. The topological polar surface area (TPSA) is 28.2 Å². The fraction of sp³-hybridized carbons (Fsp3) is 0.615. The number of rotatable bonds is 1. The predicted molar refractivity (Wildman–Crippen MR) is 73.3 cm³/mol. The number of fused-ring (bicyclic) bond motifs is 1. The van der Waals surface area contributed by atoms with Gasteiger partial charge in [-0.25, -0.2) is 4.98 Å². The summed E-state index contributed by atoms with van der Waals surface area (Å²) in [4.78, 5) is 7.16. The minimum Gasteiger partial charge on any atom is -0.353 e. The molecule has 4 heteroatoms. The Bertz CT molecular complexity index is 435. The van der Waals surface area contributed by atoms with E-state index in [-0.39, 0.29) is 0 Å². The van der Waals surface area contributed by atoms with E-state index < -0.39 is 0 Å². The Kier molecular flexibility index (Phi) is 2.87. The summed E-state index contributed by atoms with van der Waals surface area (Å²) >= 11 is 3.51. The van der Waals surface area contributed by atoms with E-state index in [2.05, 4.69) is 52.1 Å². The number of anilines is 1. The third kappa shape index (κ3) is 1.87. The van der Waals surface area contributed by atoms with E-state index in [1.54, 1.807) is 0 Å². The van der Waals surface area contributed by atoms with E-state index in [4.69, 9.17) is 4.98 Å². The molecule has 2 aliphatic heterocycles. The molecule has 2 aliphatic rings. The average molecular weight is 296 g/mol. The Balaban J connectivity index is 1.87. The van der Waals surface area contributed by atoms with E-state index >= 15 is 0 Å². The summed E-state index contributed by atoms with van der Waals surface area (Å²) in [6, 6.07) is 4.83. The summed E-state index contributed by atoms with van der Waals surface area (Å²) < 4.78 is 1.09. The Labute approximate surface area is 111 Å². The lowest BCUT2D eigenvalue weighted by molar-refractivity contribution is 0.471. The highest BCUT2D eigenvalue weighted by Crippen LogP contribution is 2.35. The quantitative estimate of drug-likeness (QED) is 0.861. The lowest BCUT2D eigenvalue weighted by atomic mass is 9.95. The molecule has 3 unspecified atom stereocenters. The molecule has 0 radical (unpaired) electrons. The van der Waals surface area contributed by atoms with Crippen LogP contribution in [0.1, 0.15) is 12.6 Å². The molecule has 3 atom stereocenters. The largest absolute Gasteiger partial charge is 0.353 e. The number of aromatic nitrogens is 1. The summed E-state index contributed by atoms with van der Waals surface area (Å²) in [6.07, 6.45) is 0. The van der Waals surface area contributed by atoms with Gasteiger partial charge in [-0.2, -0.15) is 0 Å². The molecule has 92 valence electrons. The van der Waals surface area contributed by atoms with E-state index in [0.717, 1.165) is 40.9 Å². The zero-order chi connectivity index (χ0) is 12.0. The molecule has 2 saturated heterocycles. The van der Waals surface area contributed by atoms with Gasteiger partial charge in [0.1, 0.15) is 5.82 Å². The van der Waals surface area contributed by atoms with Crippen LogP contribution in [0.3, 0.4) is 0 Å². The van der Waals surface area contributed by atoms with Gasteiger partial charge in [-0.3, -0.25) is 0 Å². The van der Waals surface area contributed by atoms with Gasteiger partial charge in [-0.15, -0.1) is 0 Å². The van der Waals surface area contributed by atoms with E-state index in [0.29, 0.717) is 6.04 Å². The molecule has 1 aromatic heterocycles. The van der Waals surface area contributed by atoms with Gasteiger partial charge >= 0.3 is 0 Å². The van der Waals surface area contributed by atoms with Gasteiger partial charge in [-0.05, 0) is 53.7 Å². The average Bonchev–Trinajstić information content (AvgIpc) is 2.86. The molecule has 3 heterocycles. The molecule has 0 bridgehead atoms. The van der Waals surface area contributed by atoms with Crippen LogP contribution in [0.15, 0.2) is 16.6 Å². The van der Waals surface area contributed by atoms with Crippen molar-refractivity contribution in [2.24, 2.45) is 11.8 Å². The first-order chi connectivity index (χ1) is 8.16. The van der Waals surface area contributed by atoms with E-state index in [9.17, 15) is 0 Å². The van der Waals surface area contributed by atoms with Gasteiger partial charge in [0.15, 0.2) is 0 Å². The van der Waals surface area contributed by atoms with Gasteiger partial charge in [-0.1, -0.05) is 0 Å². The van der Waals surface area contributed by atoms with Crippen molar-refractivity contribution in [2.45, 2.75) is 19.9 Å². The first kappa shape index (κ1) is 11.5. The number of aryl methyl sites for hydroxylation is 1. The summed E-state index contributed by atoms with van der Waals surface area (Å²) in [6.45, 7) is 7.86. The molecular formula is C13H18BrN3. The molecule has 1 N–H and O–H groups in total. The fourth-order valence-corrected chi connectivity index (χ4v) is 3.38. The lowest BCUT2D eigenvalue weighted by Crippen LogP contribution is -2.33. The van der Waals surface area contributed by atoms with Crippen LogP contribution in [0.4, 0.5) is 5.82 Å². The molecule has 0 amide bonds. The Morgan fingerprint density at radius 2 is 2.24 bits per heavy atom. The molecule has 0 saturated carbocycles. The smallest absolute Gasteiger partial charge is 0.129 e. The molecule has 3 nitrogen and oxygen atoms in total. The normalized spacial score (nSPS) is 31.9. The third-order valence-electron chi connectivity index (χ3n) is 4.24. The monoisotopic (exact) mass is 295 g/mol. The van der Waals surface area contributed by atoms with Crippen LogP contribution in [0, 0.1) is 18.8 Å². The second-order valence-electron chi connectivity index (χ2n) is 5.21. The number of hydrogen-bond donors (Lipinski definition) is 1. The summed E-state index contributed by atoms with van der Waals surface area (Å²) in [5, 5.41) is 3.49. The highest BCUT2D eigenvalue weighted by molar-refractivity contribution is 9.10. The molecule has 17 heavy (non-hydrogen) atoms. The van der Waals surface area contributed by atoms with Gasteiger partial charge in [0.2, 0.25) is 0 Å². The standard InChI is InChI=1S/C13H18BrN3/c1-8-12(14)3-4-13(16-8)17-7-10-5-15-6-11(10)9(17)2/h3-4,9-11,15H,5-7H2,1-2H3. The summed E-state index contributed by atoms with van der Waals surface area (Å²) in [7, 11) is 0. The van der Waals surface area contributed by atoms with Crippen molar-refractivity contribution in [3.63, 3.8) is 0 Å². The fourth-order valence-electron chi connectivity index (χ4n) is 3.16. The van der Waals surface area contributed by atoms with Crippen LogP contribution in [0.5, 0.6) is 0 Å². The van der Waals surface area contributed by atoms with Gasteiger partial charge in [0.25, 0.3) is 0 Å². The van der Waals surface area contributed by atoms with Crippen molar-refractivity contribution in [3.05, 3.63) is 22.3 Å². The number of hydrogen-bond acceptors (Lipinski definition) is 3. The first-order valence-corrected chi connectivity index (χ1v) is 7.06. The third-order valence-corrected chi connectivity index (χ3v) is 5.07. The minimum atomic E-state index is 0.600. The second kappa shape index (κ2) is 4.25. The van der Waals surface area contributed by atoms with Crippen LogP contribution in [-0.4, -0.2) is 30.7 Å². The molecular weight excluding hydrogens is 278 g/mol. The first-order valence-electron chi connectivity index (χ1n) is 6.27. The summed E-state index contributed by atoms with van der Waals surface area (Å²) in [5.41, 5.74) is 1.07. The number of nitrogens with one attached hydrogen (secondary N) is 1. The van der Waals surface area contributed by atoms with Crippen LogP contribution >= 0.6 is 15.9 Å². The highest BCUT2D eigenvalue weighted by atomic mass is 79.9. The van der Waals surface area contributed by atoms with E-state index in [1.807, 2.05) is 0 Å². The Morgan fingerprint density at radius 3 is 2.94 bits per heavy atom. The zero-order valence-electron chi connectivity index (χ0n) is 10.3. The van der Waals surface area contributed by atoms with Crippen LogP contribution in [0.2, 0.25) is 0 Å². The van der Waals surface area contributed by atoms with Gasteiger partial charge in [0.05, 0.1) is 5.69 Å². The maximum Gasteiger partial charge on any atom is 0.129 e. The predicted octanol–water partition coefficient (Wildman–Crippen LogP) is 2.20. The second-order valence-corrected chi connectivity index (χ2v) is 6.07. The van der Waals surface area contributed by atoms with Crippen LogP contribution in [-0.2, 0) is 0 Å². The minimum absolute atomic E-state index is 0.600. The van der Waals surface area contributed by atoms with Crippen molar-refractivity contribution in [1.82, 2.24) is 10.3 Å². The summed E-state index contributed by atoms with van der Waals surface area (Å²) in [5.74, 6) is 2.73. The van der Waals surface area contributed by atoms with Crippen molar-refractivity contribution in [1.29, 1.82) is 0 Å². The van der Waals surface area contributed by atoms with Crippen LogP contribution < -0.4 is 10.2 Å².